The van der Waals surface area contributed by atoms with Gasteiger partial charge in [0.25, 0.3) is 0 Å². The number of hydrogen-bond donors (Lipinski definition) is 0. The molecule has 278 valence electrons. The quantitative estimate of drug-likeness (QED) is 0.121. The van der Waals surface area contributed by atoms with Crippen LogP contribution in [0.4, 0.5) is 0 Å². The fourth-order valence-corrected chi connectivity index (χ4v) is 9.95. The van der Waals surface area contributed by atoms with Crippen LogP contribution in [0, 0.1) is 0 Å². The normalized spacial score (nSPS) is 11.7. The molecule has 12 aromatic rings. The second-order valence-corrected chi connectivity index (χ2v) is 15.9. The molecule has 0 bridgehead atoms. The Morgan fingerprint density at radius 3 is 0.833 bits per heavy atom. The molecule has 0 N–H and O–H groups in total. The fraction of sp³-hybridized carbons (Fsp3) is 0. The van der Waals surface area contributed by atoms with Crippen LogP contribution in [-0.2, 0) is 0 Å². The van der Waals surface area contributed by atoms with E-state index in [1.54, 1.807) is 0 Å². The van der Waals surface area contributed by atoms with Crippen LogP contribution < -0.4 is 0 Å². The zero-order chi connectivity index (χ0) is 39.6. The van der Waals surface area contributed by atoms with Gasteiger partial charge in [-0.3, -0.25) is 0 Å². The van der Waals surface area contributed by atoms with E-state index in [2.05, 4.69) is 231 Å². The molecule has 0 fully saturated rings. The molecule has 0 saturated heterocycles. The molecule has 0 aliphatic rings. The molecule has 0 aliphatic carbocycles. The third-order valence-electron chi connectivity index (χ3n) is 12.6. The van der Waals surface area contributed by atoms with Gasteiger partial charge in [-0.25, -0.2) is 0 Å². The Bertz CT molecular complexity index is 3520. The third kappa shape index (κ3) is 5.46. The molecule has 0 saturated carbocycles. The Balaban J connectivity index is 1.04. The molecule has 0 aromatic heterocycles. The van der Waals surface area contributed by atoms with E-state index in [0.29, 0.717) is 0 Å². The van der Waals surface area contributed by atoms with Crippen molar-refractivity contribution in [1.82, 2.24) is 0 Å². The Kier molecular flexibility index (Phi) is 7.96. The summed E-state index contributed by atoms with van der Waals surface area (Å²) < 4.78 is 0. The molecular weight excluding hydrogens is 721 g/mol. The number of fused-ring (bicyclic) bond motifs is 7. The molecule has 12 aromatic carbocycles. The van der Waals surface area contributed by atoms with Crippen LogP contribution in [0.5, 0.6) is 0 Å². The van der Waals surface area contributed by atoms with E-state index >= 15 is 0 Å². The van der Waals surface area contributed by atoms with E-state index in [1.165, 1.54) is 120 Å². The maximum atomic E-state index is 2.43. The van der Waals surface area contributed by atoms with Gasteiger partial charge in [0, 0.05) is 0 Å². The summed E-state index contributed by atoms with van der Waals surface area (Å²) in [6.45, 7) is 0. The highest BCUT2D eigenvalue weighted by atomic mass is 14.2. The van der Waals surface area contributed by atoms with Gasteiger partial charge in [0.15, 0.2) is 0 Å². The monoisotopic (exact) mass is 758 g/mol. The Morgan fingerprint density at radius 2 is 0.417 bits per heavy atom. The first-order chi connectivity index (χ1) is 29.8. The number of hydrogen-bond acceptors (Lipinski definition) is 0. The van der Waals surface area contributed by atoms with Crippen LogP contribution in [-0.4, -0.2) is 0 Å². The van der Waals surface area contributed by atoms with Crippen LogP contribution in [0.1, 0.15) is 0 Å². The topological polar surface area (TPSA) is 0 Å². The summed E-state index contributed by atoms with van der Waals surface area (Å²) in [5.74, 6) is 0. The van der Waals surface area contributed by atoms with Gasteiger partial charge in [0.1, 0.15) is 0 Å². The molecule has 0 nitrogen and oxygen atoms in total. The minimum absolute atomic E-state index is 1.20. The van der Waals surface area contributed by atoms with E-state index in [1.807, 2.05) is 0 Å². The van der Waals surface area contributed by atoms with Crippen molar-refractivity contribution < 1.29 is 0 Å². The second-order valence-electron chi connectivity index (χ2n) is 15.9. The smallest absolute Gasteiger partial charge is 0.00261 e. The number of benzene rings is 12. The molecule has 60 heavy (non-hydrogen) atoms. The lowest BCUT2D eigenvalue weighted by Crippen LogP contribution is -1.91. The second kappa shape index (κ2) is 13.9. The summed E-state index contributed by atoms with van der Waals surface area (Å²) in [5.41, 5.74) is 12.5. The third-order valence-corrected chi connectivity index (χ3v) is 12.6. The summed E-state index contributed by atoms with van der Waals surface area (Å²) in [6, 6.07) is 85.1. The average molecular weight is 759 g/mol. The van der Waals surface area contributed by atoms with E-state index in [4.69, 9.17) is 0 Å². The Morgan fingerprint density at radius 1 is 0.150 bits per heavy atom. The molecular formula is C60H38. The highest BCUT2D eigenvalue weighted by molar-refractivity contribution is 6.23. The summed E-state index contributed by atoms with van der Waals surface area (Å²) in [7, 11) is 0. The lowest BCUT2D eigenvalue weighted by atomic mass is 9.85. The van der Waals surface area contributed by atoms with Gasteiger partial charge >= 0.3 is 0 Å². The highest BCUT2D eigenvalue weighted by Gasteiger charge is 2.19. The molecule has 0 spiro atoms. The maximum Gasteiger partial charge on any atom is -0.00261 e. The van der Waals surface area contributed by atoms with Crippen molar-refractivity contribution in [1.29, 1.82) is 0 Å². The molecule has 0 aliphatic heterocycles. The standard InChI is InChI=1S/C60H38/c1-3-16-41(17-4-1)57-47-22-7-11-26-51(47)59(52-27-12-8-23-48(52)57)45-21-15-20-43(36-45)44-34-32-39-30-31-40-33-35-46(38-56(40)55(39)37-44)60-53-28-13-9-24-49(53)58(42-18-5-2-6-19-42)50-25-10-14-29-54(50)60/h1-38H. The average Bonchev–Trinajstić information content (AvgIpc) is 3.32. The van der Waals surface area contributed by atoms with Gasteiger partial charge in [0.05, 0.1) is 0 Å². The largest absolute Gasteiger partial charge is 0.0622 e. The van der Waals surface area contributed by atoms with Gasteiger partial charge in [-0.2, -0.15) is 0 Å². The first-order valence-corrected chi connectivity index (χ1v) is 20.8. The van der Waals surface area contributed by atoms with E-state index in [9.17, 15) is 0 Å². The van der Waals surface area contributed by atoms with E-state index in [-0.39, 0.29) is 0 Å². The Labute approximate surface area is 349 Å². The van der Waals surface area contributed by atoms with Gasteiger partial charge in [-0.15, -0.1) is 0 Å². The minimum atomic E-state index is 1.20. The lowest BCUT2D eigenvalue weighted by Gasteiger charge is -2.18. The molecule has 0 radical (unpaired) electrons. The molecule has 0 unspecified atom stereocenters. The first kappa shape index (κ1) is 34.3. The fourth-order valence-electron chi connectivity index (χ4n) is 9.95. The van der Waals surface area contributed by atoms with Crippen LogP contribution in [0.25, 0.3) is 120 Å². The lowest BCUT2D eigenvalue weighted by molar-refractivity contribution is 1.63. The van der Waals surface area contributed by atoms with Crippen molar-refractivity contribution in [3.63, 3.8) is 0 Å². The summed E-state index contributed by atoms with van der Waals surface area (Å²) in [6.07, 6.45) is 0. The SMILES string of the molecule is c1ccc(-c2c3ccccc3c(-c3cccc(-c4ccc5ccc6ccc(-c7c8ccccc8c(-c8ccccc8)c8ccccc78)cc6c5c4)c3)c3ccccc23)cc1. The van der Waals surface area contributed by atoms with Crippen molar-refractivity contribution in [3.05, 3.63) is 231 Å². The summed E-state index contributed by atoms with van der Waals surface area (Å²) in [4.78, 5) is 0. The van der Waals surface area contributed by atoms with Crippen molar-refractivity contribution in [2.24, 2.45) is 0 Å². The molecule has 0 heterocycles. The molecule has 0 amide bonds. The predicted molar refractivity (Wildman–Crippen MR) is 259 cm³/mol. The van der Waals surface area contributed by atoms with Gasteiger partial charge in [0.2, 0.25) is 0 Å². The van der Waals surface area contributed by atoms with Crippen LogP contribution in [0.2, 0.25) is 0 Å². The first-order valence-electron chi connectivity index (χ1n) is 20.8. The molecule has 0 atom stereocenters. The van der Waals surface area contributed by atoms with Gasteiger partial charge < -0.3 is 0 Å². The van der Waals surface area contributed by atoms with E-state index < -0.39 is 0 Å². The zero-order valence-corrected chi connectivity index (χ0v) is 32.9. The van der Waals surface area contributed by atoms with Crippen molar-refractivity contribution in [2.45, 2.75) is 0 Å². The predicted octanol–water partition coefficient (Wildman–Crippen LogP) is 16.9. The van der Waals surface area contributed by atoms with Crippen molar-refractivity contribution in [2.75, 3.05) is 0 Å². The van der Waals surface area contributed by atoms with Gasteiger partial charge in [-0.05, 0) is 138 Å². The number of rotatable bonds is 5. The Hall–Kier alpha value is -7.80. The molecule has 0 heteroatoms. The molecule has 12 rings (SSSR count). The highest BCUT2D eigenvalue weighted by Crippen LogP contribution is 2.46. The summed E-state index contributed by atoms with van der Waals surface area (Å²) >= 11 is 0. The minimum Gasteiger partial charge on any atom is -0.0622 e. The van der Waals surface area contributed by atoms with Crippen molar-refractivity contribution in [3.8, 4) is 55.6 Å². The van der Waals surface area contributed by atoms with E-state index in [0.717, 1.165) is 0 Å². The van der Waals surface area contributed by atoms with Crippen LogP contribution >= 0.6 is 0 Å². The van der Waals surface area contributed by atoms with Gasteiger partial charge in [-0.1, -0.05) is 212 Å². The maximum absolute atomic E-state index is 2.43. The van der Waals surface area contributed by atoms with Crippen LogP contribution in [0.15, 0.2) is 231 Å². The zero-order valence-electron chi connectivity index (χ0n) is 32.9. The summed E-state index contributed by atoms with van der Waals surface area (Å²) in [5, 5.41) is 15.1. The van der Waals surface area contributed by atoms with Crippen molar-refractivity contribution >= 4 is 64.6 Å². The van der Waals surface area contributed by atoms with Crippen LogP contribution in [0.3, 0.4) is 0 Å².